The summed E-state index contributed by atoms with van der Waals surface area (Å²) < 4.78 is 36.4. The van der Waals surface area contributed by atoms with Crippen LogP contribution in [0.15, 0.2) is 24.3 Å². The molecule has 1 amide bonds. The molecule has 0 unspecified atom stereocenters. The van der Waals surface area contributed by atoms with Crippen LogP contribution in [0.4, 0.5) is 0 Å². The number of amides is 1. The van der Waals surface area contributed by atoms with E-state index in [1.807, 2.05) is 0 Å². The van der Waals surface area contributed by atoms with Crippen LogP contribution in [0.5, 0.6) is 5.75 Å². The first-order chi connectivity index (χ1) is 12.9. The van der Waals surface area contributed by atoms with Gasteiger partial charge in [-0.25, -0.2) is 12.7 Å². The van der Waals surface area contributed by atoms with Crippen LogP contribution in [-0.4, -0.2) is 63.7 Å². The minimum Gasteiger partial charge on any atom is -0.497 e. The fourth-order valence-electron chi connectivity index (χ4n) is 2.94. The van der Waals surface area contributed by atoms with Crippen LogP contribution in [0, 0.1) is 5.92 Å². The molecule has 2 rings (SSSR count). The van der Waals surface area contributed by atoms with Crippen LogP contribution >= 0.6 is 0 Å². The maximum atomic E-state index is 12.5. The molecule has 0 aromatic heterocycles. The second-order valence-electron chi connectivity index (χ2n) is 6.25. The Balaban J connectivity index is 1.88. The third kappa shape index (κ3) is 5.93. The van der Waals surface area contributed by atoms with Crippen molar-refractivity contribution in [1.29, 1.82) is 0 Å². The monoisotopic (exact) mass is 398 g/mol. The molecule has 1 N–H and O–H groups in total. The highest BCUT2D eigenvalue weighted by atomic mass is 32.2. The molecule has 1 aromatic carbocycles. The summed E-state index contributed by atoms with van der Waals surface area (Å²) in [6.45, 7) is 2.49. The summed E-state index contributed by atoms with van der Waals surface area (Å²) in [7, 11) is -2.06. The Morgan fingerprint density at radius 3 is 2.81 bits per heavy atom. The molecular weight excluding hydrogens is 372 g/mol. The zero-order valence-electron chi connectivity index (χ0n) is 15.6. The summed E-state index contributed by atoms with van der Waals surface area (Å²) in [4.78, 5) is 24.0. The lowest BCUT2D eigenvalue weighted by atomic mass is 10.0. The van der Waals surface area contributed by atoms with Gasteiger partial charge in [0.15, 0.2) is 0 Å². The third-order valence-electron chi connectivity index (χ3n) is 4.37. The smallest absolute Gasteiger partial charge is 0.310 e. The quantitative estimate of drug-likeness (QED) is 0.656. The average molecular weight is 398 g/mol. The van der Waals surface area contributed by atoms with Gasteiger partial charge < -0.3 is 14.8 Å². The van der Waals surface area contributed by atoms with E-state index in [0.717, 1.165) is 0 Å². The van der Waals surface area contributed by atoms with Crippen LogP contribution in [0.2, 0.25) is 0 Å². The molecule has 1 aromatic rings. The number of ether oxygens (including phenoxy) is 2. The number of piperidine rings is 1. The van der Waals surface area contributed by atoms with E-state index >= 15 is 0 Å². The van der Waals surface area contributed by atoms with E-state index in [9.17, 15) is 18.0 Å². The molecule has 0 aliphatic carbocycles. The van der Waals surface area contributed by atoms with Crippen molar-refractivity contribution >= 4 is 21.9 Å². The Hall–Kier alpha value is -2.13. The fraction of sp³-hybridized carbons (Fsp3) is 0.556. The number of hydrogen-bond acceptors (Lipinski definition) is 6. The zero-order chi connectivity index (χ0) is 19.9. The van der Waals surface area contributed by atoms with Crippen molar-refractivity contribution in [3.63, 3.8) is 0 Å². The van der Waals surface area contributed by atoms with Crippen molar-refractivity contribution in [3.8, 4) is 5.75 Å². The number of carbonyl (C=O) groups excluding carboxylic acids is 2. The standard InChI is InChI=1S/C18H26N2O6S/c1-3-26-18(22)15-7-5-10-20(13-15)27(23,24)11-9-19-17(21)14-6-4-8-16(12-14)25-2/h4,6,8,12,15H,3,5,7,9-11,13H2,1-2H3,(H,19,21)/t15-/m0/s1. The molecular formula is C18H26N2O6S. The lowest BCUT2D eigenvalue weighted by molar-refractivity contribution is -0.149. The molecule has 0 bridgehead atoms. The predicted octanol–water partition coefficient (Wildman–Crippen LogP) is 1.03. The fourth-order valence-corrected chi connectivity index (χ4v) is 4.37. The molecule has 1 atom stereocenters. The van der Waals surface area contributed by atoms with E-state index < -0.39 is 15.9 Å². The molecule has 150 valence electrons. The molecule has 1 aliphatic heterocycles. The highest BCUT2D eigenvalue weighted by Gasteiger charge is 2.32. The van der Waals surface area contributed by atoms with E-state index in [1.54, 1.807) is 31.2 Å². The number of hydrogen-bond donors (Lipinski definition) is 1. The van der Waals surface area contributed by atoms with Crippen LogP contribution in [0.1, 0.15) is 30.1 Å². The average Bonchev–Trinajstić information content (AvgIpc) is 2.68. The summed E-state index contributed by atoms with van der Waals surface area (Å²) in [5.74, 6) is -0.831. The van der Waals surface area contributed by atoms with Crippen molar-refractivity contribution in [2.45, 2.75) is 19.8 Å². The maximum Gasteiger partial charge on any atom is 0.310 e. The lowest BCUT2D eigenvalue weighted by Crippen LogP contribution is -2.45. The summed E-state index contributed by atoms with van der Waals surface area (Å²) in [6, 6.07) is 6.62. The van der Waals surface area contributed by atoms with Crippen LogP contribution in [0.25, 0.3) is 0 Å². The molecule has 1 aliphatic rings. The van der Waals surface area contributed by atoms with Crippen molar-refractivity contribution < 1.29 is 27.5 Å². The Kier molecular flexibility index (Phi) is 7.61. The molecule has 1 saturated heterocycles. The van der Waals surface area contributed by atoms with E-state index in [-0.39, 0.29) is 37.3 Å². The van der Waals surface area contributed by atoms with Gasteiger partial charge in [0.25, 0.3) is 5.91 Å². The molecule has 0 spiro atoms. The number of sulfonamides is 1. The topological polar surface area (TPSA) is 102 Å². The van der Waals surface area contributed by atoms with Crippen LogP contribution < -0.4 is 10.1 Å². The molecule has 27 heavy (non-hydrogen) atoms. The Morgan fingerprint density at radius 2 is 2.11 bits per heavy atom. The molecule has 1 heterocycles. The van der Waals surface area contributed by atoms with Gasteiger partial charge in [0.1, 0.15) is 5.75 Å². The molecule has 8 nitrogen and oxygen atoms in total. The molecule has 0 radical (unpaired) electrons. The second-order valence-corrected chi connectivity index (χ2v) is 8.34. The van der Waals surface area contributed by atoms with Crippen LogP contribution in [0.3, 0.4) is 0 Å². The third-order valence-corrected chi connectivity index (χ3v) is 6.21. The number of rotatable bonds is 8. The van der Waals surface area contributed by atoms with E-state index in [1.165, 1.54) is 11.4 Å². The first-order valence-corrected chi connectivity index (χ1v) is 10.5. The number of nitrogens with one attached hydrogen (secondary N) is 1. The maximum absolute atomic E-state index is 12.5. The largest absolute Gasteiger partial charge is 0.497 e. The first kappa shape index (κ1) is 21.2. The van der Waals surface area contributed by atoms with Crippen molar-refractivity contribution in [2.24, 2.45) is 5.92 Å². The Bertz CT molecular complexity index is 765. The number of carbonyl (C=O) groups is 2. The summed E-state index contributed by atoms with van der Waals surface area (Å²) in [6.07, 6.45) is 1.23. The van der Waals surface area contributed by atoms with Crippen LogP contribution in [-0.2, 0) is 19.6 Å². The second kappa shape index (κ2) is 9.70. The van der Waals surface area contributed by atoms with Gasteiger partial charge in [-0.2, -0.15) is 0 Å². The van der Waals surface area contributed by atoms with E-state index in [2.05, 4.69) is 5.32 Å². The SMILES string of the molecule is CCOC(=O)[C@H]1CCCN(S(=O)(=O)CCNC(=O)c2cccc(OC)c2)C1. The molecule has 0 saturated carbocycles. The summed E-state index contributed by atoms with van der Waals surface area (Å²) >= 11 is 0. The van der Waals surface area contributed by atoms with Crippen molar-refractivity contribution in [2.75, 3.05) is 39.1 Å². The Labute approximate surface area is 159 Å². The summed E-state index contributed by atoms with van der Waals surface area (Å²) in [5.41, 5.74) is 0.395. The van der Waals surface area contributed by atoms with Gasteiger partial charge in [-0.3, -0.25) is 9.59 Å². The van der Waals surface area contributed by atoms with E-state index in [4.69, 9.17) is 9.47 Å². The molecule has 1 fully saturated rings. The number of benzene rings is 1. The van der Waals surface area contributed by atoms with Gasteiger partial charge in [-0.1, -0.05) is 6.07 Å². The van der Waals surface area contributed by atoms with E-state index in [0.29, 0.717) is 30.7 Å². The molecule has 9 heteroatoms. The minimum atomic E-state index is -3.57. The van der Waals surface area contributed by atoms with Gasteiger partial charge in [0.2, 0.25) is 10.0 Å². The normalized spacial score (nSPS) is 17.9. The number of esters is 1. The van der Waals surface area contributed by atoms with Gasteiger partial charge >= 0.3 is 5.97 Å². The van der Waals surface area contributed by atoms with Crippen molar-refractivity contribution in [1.82, 2.24) is 9.62 Å². The number of methoxy groups -OCH3 is 1. The van der Waals surface area contributed by atoms with Gasteiger partial charge in [0.05, 0.1) is 25.4 Å². The lowest BCUT2D eigenvalue weighted by Gasteiger charge is -2.30. The predicted molar refractivity (Wildman–Crippen MR) is 100 cm³/mol. The minimum absolute atomic E-state index is 0.0149. The van der Waals surface area contributed by atoms with Gasteiger partial charge in [-0.05, 0) is 38.0 Å². The summed E-state index contributed by atoms with van der Waals surface area (Å²) in [5, 5.41) is 2.61. The first-order valence-electron chi connectivity index (χ1n) is 8.94. The Morgan fingerprint density at radius 1 is 1.33 bits per heavy atom. The van der Waals surface area contributed by atoms with Gasteiger partial charge in [0, 0.05) is 25.2 Å². The zero-order valence-corrected chi connectivity index (χ0v) is 16.5. The highest BCUT2D eigenvalue weighted by Crippen LogP contribution is 2.20. The highest BCUT2D eigenvalue weighted by molar-refractivity contribution is 7.89. The number of nitrogens with zero attached hydrogens (tertiary/aromatic N) is 1. The van der Waals surface area contributed by atoms with Gasteiger partial charge in [-0.15, -0.1) is 0 Å². The van der Waals surface area contributed by atoms with Crippen molar-refractivity contribution in [3.05, 3.63) is 29.8 Å².